The third kappa shape index (κ3) is 5.06. The van der Waals surface area contributed by atoms with Crippen LogP contribution in [0.5, 0.6) is 0 Å². The van der Waals surface area contributed by atoms with E-state index in [0.29, 0.717) is 11.5 Å². The quantitative estimate of drug-likeness (QED) is 0.805. The van der Waals surface area contributed by atoms with Crippen molar-refractivity contribution in [1.82, 2.24) is 9.80 Å². The van der Waals surface area contributed by atoms with Crippen molar-refractivity contribution >= 4 is 5.97 Å². The summed E-state index contributed by atoms with van der Waals surface area (Å²) in [6.45, 7) is 11.8. The molecule has 2 fully saturated rings. The molecular weight excluding hydrogens is 326 g/mol. The average molecular weight is 361 g/mol. The number of carbonyl (C=O) groups excluding carboxylic acids is 1. The van der Waals surface area contributed by atoms with Crippen LogP contribution in [0.3, 0.4) is 0 Å². The number of benzene rings is 1. The molecule has 2 saturated heterocycles. The molecule has 2 aliphatic heterocycles. The minimum atomic E-state index is -0.399. The molecule has 0 unspecified atom stereocenters. The summed E-state index contributed by atoms with van der Waals surface area (Å²) >= 11 is 0. The first kappa shape index (κ1) is 19.3. The number of hydrogen-bond acceptors (Lipinski definition) is 4. The largest absolute Gasteiger partial charge is 0.456 e. The fourth-order valence-corrected chi connectivity index (χ4v) is 4.01. The molecule has 0 spiro atoms. The number of likely N-dealkylation sites (N-methyl/N-ethyl adjacent to an activating group) is 1. The highest BCUT2D eigenvalue weighted by Gasteiger charge is 2.35. The zero-order valence-electron chi connectivity index (χ0n) is 16.5. The molecule has 2 N–H and O–H groups in total. The van der Waals surface area contributed by atoms with E-state index in [9.17, 15) is 4.79 Å². The predicted molar refractivity (Wildman–Crippen MR) is 103 cm³/mol. The van der Waals surface area contributed by atoms with E-state index >= 15 is 0 Å². The van der Waals surface area contributed by atoms with Crippen LogP contribution in [0.1, 0.15) is 42.6 Å². The highest BCUT2D eigenvalue weighted by atomic mass is 16.6. The number of rotatable bonds is 5. The molecule has 5 heteroatoms. The fraction of sp³-hybridized carbons (Fsp3) is 0.667. The normalized spacial score (nSPS) is 20.9. The maximum atomic E-state index is 12.6. The van der Waals surface area contributed by atoms with E-state index < -0.39 is 5.60 Å². The number of piperazine rings is 1. The Morgan fingerprint density at radius 1 is 1.12 bits per heavy atom. The van der Waals surface area contributed by atoms with Gasteiger partial charge in [0.2, 0.25) is 0 Å². The van der Waals surface area contributed by atoms with Crippen LogP contribution in [0.4, 0.5) is 0 Å². The Kier molecular flexibility index (Phi) is 6.33. The van der Waals surface area contributed by atoms with Crippen molar-refractivity contribution in [3.8, 4) is 0 Å². The predicted octanol–water partition coefficient (Wildman–Crippen LogP) is 1.34. The third-order valence-electron chi connectivity index (χ3n) is 5.97. The standard InChI is InChI=1S/C21H33N3O2/c1-21(2,19-8-10-22-11-9-19)26-20(25)18-6-4-17(5-7-18)16-24-14-12-23(3)13-15-24/h4-7,19,22H,8-16H2,1-3H3/p+1. The minimum Gasteiger partial charge on any atom is -0.456 e. The van der Waals surface area contributed by atoms with Gasteiger partial charge in [0.15, 0.2) is 0 Å². The highest BCUT2D eigenvalue weighted by molar-refractivity contribution is 5.89. The van der Waals surface area contributed by atoms with Crippen LogP contribution in [0.2, 0.25) is 0 Å². The van der Waals surface area contributed by atoms with E-state index in [0.717, 1.165) is 58.7 Å². The molecule has 2 heterocycles. The van der Waals surface area contributed by atoms with Crippen molar-refractivity contribution < 1.29 is 14.8 Å². The second kappa shape index (κ2) is 8.51. The molecule has 0 radical (unpaired) electrons. The number of esters is 1. The van der Waals surface area contributed by atoms with Crippen molar-refractivity contribution in [2.24, 2.45) is 5.92 Å². The van der Waals surface area contributed by atoms with Crippen LogP contribution in [-0.2, 0) is 11.3 Å². The molecule has 0 saturated carbocycles. The van der Waals surface area contributed by atoms with Gasteiger partial charge < -0.3 is 15.0 Å². The van der Waals surface area contributed by atoms with Crippen LogP contribution >= 0.6 is 0 Å². The molecule has 1 aromatic rings. The zero-order chi connectivity index (χ0) is 18.6. The van der Waals surface area contributed by atoms with Crippen LogP contribution in [0.25, 0.3) is 0 Å². The van der Waals surface area contributed by atoms with Crippen molar-refractivity contribution in [1.29, 1.82) is 0 Å². The van der Waals surface area contributed by atoms with Gasteiger partial charge in [0.25, 0.3) is 0 Å². The van der Waals surface area contributed by atoms with E-state index in [4.69, 9.17) is 4.74 Å². The number of nitrogens with zero attached hydrogens (tertiary/aromatic N) is 2. The van der Waals surface area contributed by atoms with E-state index in [1.165, 1.54) is 5.56 Å². The van der Waals surface area contributed by atoms with Gasteiger partial charge in [-0.15, -0.1) is 0 Å². The second-order valence-corrected chi connectivity index (χ2v) is 8.41. The van der Waals surface area contributed by atoms with Gasteiger partial charge in [0, 0.05) is 51.5 Å². The van der Waals surface area contributed by atoms with E-state index in [2.05, 4.69) is 48.1 Å². The van der Waals surface area contributed by atoms with Crippen LogP contribution < -0.4 is 5.32 Å². The van der Waals surface area contributed by atoms with Crippen LogP contribution in [-0.4, -0.2) is 67.7 Å². The molecule has 5 nitrogen and oxygen atoms in total. The van der Waals surface area contributed by atoms with Crippen LogP contribution in [0, 0.1) is 5.92 Å². The van der Waals surface area contributed by atoms with E-state index in [-0.39, 0.29) is 5.97 Å². The first-order valence-electron chi connectivity index (χ1n) is 9.99. The van der Waals surface area contributed by atoms with Gasteiger partial charge in [-0.2, -0.15) is 0 Å². The van der Waals surface area contributed by atoms with Crippen molar-refractivity contribution in [3.05, 3.63) is 35.4 Å². The van der Waals surface area contributed by atoms with Gasteiger partial charge in [-0.1, -0.05) is 12.1 Å². The Balaban J connectivity index is 1.54. The number of quaternary nitrogens is 1. The number of carbonyl (C=O) groups is 1. The number of hydrogen-bond donors (Lipinski definition) is 1. The monoisotopic (exact) mass is 360 g/mol. The summed E-state index contributed by atoms with van der Waals surface area (Å²) < 4.78 is 5.90. The zero-order valence-corrected chi connectivity index (χ0v) is 16.5. The third-order valence-corrected chi connectivity index (χ3v) is 5.97. The summed E-state index contributed by atoms with van der Waals surface area (Å²) in [5.74, 6) is 0.253. The lowest BCUT2D eigenvalue weighted by molar-refractivity contribution is -0.665. The van der Waals surface area contributed by atoms with E-state index in [1.54, 1.807) is 0 Å². The number of ether oxygens (including phenoxy) is 1. The molecule has 0 bridgehead atoms. The van der Waals surface area contributed by atoms with Crippen molar-refractivity contribution in [2.75, 3.05) is 46.3 Å². The van der Waals surface area contributed by atoms with Gasteiger partial charge in [0.05, 0.1) is 18.7 Å². The van der Waals surface area contributed by atoms with E-state index in [1.807, 2.05) is 12.1 Å². The summed E-state index contributed by atoms with van der Waals surface area (Å²) in [5.41, 5.74) is 1.51. The molecule has 0 amide bonds. The molecule has 26 heavy (non-hydrogen) atoms. The fourth-order valence-electron chi connectivity index (χ4n) is 4.01. The van der Waals surface area contributed by atoms with Gasteiger partial charge in [-0.25, -0.2) is 4.79 Å². The summed E-state index contributed by atoms with van der Waals surface area (Å²) in [5, 5.41) is 2.34. The SMILES string of the molecule is CN1CCN(Cc2ccc(C(=O)OC(C)(C)C3CC[NH2+]CC3)cc2)CC1. The van der Waals surface area contributed by atoms with Crippen molar-refractivity contribution in [2.45, 2.75) is 38.8 Å². The lowest BCUT2D eigenvalue weighted by Crippen LogP contribution is -2.86. The molecule has 144 valence electrons. The Hall–Kier alpha value is -1.43. The first-order valence-corrected chi connectivity index (χ1v) is 9.99. The first-order chi connectivity index (χ1) is 12.4. The Morgan fingerprint density at radius 3 is 2.35 bits per heavy atom. The molecule has 0 aromatic heterocycles. The Morgan fingerprint density at radius 2 is 1.73 bits per heavy atom. The molecule has 1 aromatic carbocycles. The maximum absolute atomic E-state index is 12.6. The molecule has 0 atom stereocenters. The highest BCUT2D eigenvalue weighted by Crippen LogP contribution is 2.28. The lowest BCUT2D eigenvalue weighted by Gasteiger charge is -2.35. The second-order valence-electron chi connectivity index (χ2n) is 8.41. The van der Waals surface area contributed by atoms with Crippen molar-refractivity contribution in [3.63, 3.8) is 0 Å². The Labute approximate surface area is 157 Å². The molecular formula is C21H34N3O2+. The summed E-state index contributed by atoms with van der Waals surface area (Å²) in [7, 11) is 2.17. The Bertz CT molecular complexity index is 586. The molecule has 2 aliphatic rings. The van der Waals surface area contributed by atoms with Gasteiger partial charge in [0.1, 0.15) is 5.60 Å². The number of nitrogens with two attached hydrogens (primary N) is 1. The number of piperidine rings is 1. The summed E-state index contributed by atoms with van der Waals surface area (Å²) in [4.78, 5) is 17.4. The minimum absolute atomic E-state index is 0.198. The topological polar surface area (TPSA) is 49.4 Å². The van der Waals surface area contributed by atoms with Crippen LogP contribution in [0.15, 0.2) is 24.3 Å². The van der Waals surface area contributed by atoms with Gasteiger partial charge >= 0.3 is 5.97 Å². The van der Waals surface area contributed by atoms with Gasteiger partial charge in [-0.3, -0.25) is 4.90 Å². The van der Waals surface area contributed by atoms with Gasteiger partial charge in [-0.05, 0) is 38.6 Å². The average Bonchev–Trinajstić information content (AvgIpc) is 2.64. The maximum Gasteiger partial charge on any atom is 0.338 e. The lowest BCUT2D eigenvalue weighted by atomic mass is 9.83. The smallest absolute Gasteiger partial charge is 0.338 e. The molecule has 0 aliphatic carbocycles. The summed E-state index contributed by atoms with van der Waals surface area (Å²) in [6, 6.07) is 7.96. The molecule has 3 rings (SSSR count). The summed E-state index contributed by atoms with van der Waals surface area (Å²) in [6.07, 6.45) is 2.23.